The minimum Gasteiger partial charge on any atom is -0.484 e. The van der Waals surface area contributed by atoms with Crippen LogP contribution in [0.3, 0.4) is 0 Å². The van der Waals surface area contributed by atoms with Crippen molar-refractivity contribution in [3.8, 4) is 5.75 Å². The Kier molecular flexibility index (Phi) is 8.51. The van der Waals surface area contributed by atoms with Crippen LogP contribution in [0.5, 0.6) is 5.75 Å². The molecule has 150 valence electrons. The summed E-state index contributed by atoms with van der Waals surface area (Å²) in [7, 11) is 0. The lowest BCUT2D eigenvalue weighted by Crippen LogP contribution is -2.49. The van der Waals surface area contributed by atoms with Crippen LogP contribution >= 0.6 is 15.9 Å². The van der Waals surface area contributed by atoms with Gasteiger partial charge in [0.05, 0.1) is 0 Å². The van der Waals surface area contributed by atoms with Gasteiger partial charge < -0.3 is 15.0 Å². The SMILES string of the molecule is CCCNC(=O)C(C)N(Cc1ccccc1)C(=O)COc1ccc(Br)c(C)c1. The number of halogens is 1. The Morgan fingerprint density at radius 3 is 2.54 bits per heavy atom. The highest BCUT2D eigenvalue weighted by molar-refractivity contribution is 9.10. The molecule has 5 nitrogen and oxygen atoms in total. The molecule has 0 aliphatic carbocycles. The van der Waals surface area contributed by atoms with Crippen molar-refractivity contribution in [1.29, 1.82) is 0 Å². The Bertz CT molecular complexity index is 796. The molecular formula is C22H27BrN2O3. The van der Waals surface area contributed by atoms with E-state index in [1.807, 2.05) is 62.4 Å². The van der Waals surface area contributed by atoms with E-state index in [0.29, 0.717) is 18.8 Å². The molecule has 28 heavy (non-hydrogen) atoms. The molecular weight excluding hydrogens is 420 g/mol. The molecule has 0 saturated heterocycles. The quantitative estimate of drug-likeness (QED) is 0.630. The van der Waals surface area contributed by atoms with E-state index in [2.05, 4.69) is 21.2 Å². The summed E-state index contributed by atoms with van der Waals surface area (Å²) < 4.78 is 6.67. The second kappa shape index (κ2) is 10.9. The van der Waals surface area contributed by atoms with Crippen molar-refractivity contribution in [2.75, 3.05) is 13.2 Å². The molecule has 0 radical (unpaired) electrons. The fourth-order valence-electron chi connectivity index (χ4n) is 2.69. The number of hydrogen-bond acceptors (Lipinski definition) is 3. The molecule has 0 bridgehead atoms. The summed E-state index contributed by atoms with van der Waals surface area (Å²) in [5.41, 5.74) is 1.99. The van der Waals surface area contributed by atoms with Crippen LogP contribution in [0.25, 0.3) is 0 Å². The number of hydrogen-bond donors (Lipinski definition) is 1. The number of carbonyl (C=O) groups is 2. The van der Waals surface area contributed by atoms with Gasteiger partial charge >= 0.3 is 0 Å². The molecule has 0 aliphatic heterocycles. The molecule has 0 aliphatic rings. The molecule has 0 saturated carbocycles. The van der Waals surface area contributed by atoms with Crippen molar-refractivity contribution < 1.29 is 14.3 Å². The van der Waals surface area contributed by atoms with E-state index in [4.69, 9.17) is 4.74 Å². The first kappa shape index (κ1) is 22.0. The predicted molar refractivity (Wildman–Crippen MR) is 114 cm³/mol. The summed E-state index contributed by atoms with van der Waals surface area (Å²) in [4.78, 5) is 26.9. The van der Waals surface area contributed by atoms with Gasteiger partial charge in [-0.2, -0.15) is 0 Å². The summed E-state index contributed by atoms with van der Waals surface area (Å²) >= 11 is 3.45. The van der Waals surface area contributed by atoms with Crippen molar-refractivity contribution in [3.63, 3.8) is 0 Å². The molecule has 2 aromatic rings. The third-order valence-electron chi connectivity index (χ3n) is 4.40. The monoisotopic (exact) mass is 446 g/mol. The predicted octanol–water partition coefficient (Wildman–Crippen LogP) is 4.08. The van der Waals surface area contributed by atoms with E-state index < -0.39 is 6.04 Å². The van der Waals surface area contributed by atoms with Crippen LogP contribution < -0.4 is 10.1 Å². The fraction of sp³-hybridized carbons (Fsp3) is 0.364. The second-order valence-corrected chi connectivity index (χ2v) is 7.53. The van der Waals surface area contributed by atoms with Crippen LogP contribution in [0.1, 0.15) is 31.4 Å². The molecule has 1 unspecified atom stereocenters. The average molecular weight is 447 g/mol. The van der Waals surface area contributed by atoms with Gasteiger partial charge in [-0.05, 0) is 49.6 Å². The normalized spacial score (nSPS) is 11.6. The highest BCUT2D eigenvalue weighted by Crippen LogP contribution is 2.21. The fourth-order valence-corrected chi connectivity index (χ4v) is 2.94. The van der Waals surface area contributed by atoms with Gasteiger partial charge in [0, 0.05) is 17.6 Å². The molecule has 2 aromatic carbocycles. The third-order valence-corrected chi connectivity index (χ3v) is 5.29. The number of nitrogens with zero attached hydrogens (tertiary/aromatic N) is 1. The summed E-state index contributed by atoms with van der Waals surface area (Å²) in [5, 5.41) is 2.86. The number of carbonyl (C=O) groups excluding carboxylic acids is 2. The van der Waals surface area contributed by atoms with Crippen LogP contribution in [0, 0.1) is 6.92 Å². The summed E-state index contributed by atoms with van der Waals surface area (Å²) in [5.74, 6) is 0.228. The maximum atomic E-state index is 12.9. The smallest absolute Gasteiger partial charge is 0.261 e. The van der Waals surface area contributed by atoms with Crippen molar-refractivity contribution in [3.05, 3.63) is 64.1 Å². The molecule has 6 heteroatoms. The first-order chi connectivity index (χ1) is 13.4. The van der Waals surface area contributed by atoms with Gasteiger partial charge in [0.1, 0.15) is 11.8 Å². The molecule has 0 aromatic heterocycles. The number of amides is 2. The van der Waals surface area contributed by atoms with Crippen molar-refractivity contribution in [1.82, 2.24) is 10.2 Å². The third kappa shape index (κ3) is 6.37. The topological polar surface area (TPSA) is 58.6 Å². The Hall–Kier alpha value is -2.34. The average Bonchev–Trinajstić information content (AvgIpc) is 2.71. The zero-order chi connectivity index (χ0) is 20.5. The number of benzene rings is 2. The zero-order valence-electron chi connectivity index (χ0n) is 16.6. The van der Waals surface area contributed by atoms with E-state index in [1.165, 1.54) is 0 Å². The summed E-state index contributed by atoms with van der Waals surface area (Å²) in [6.07, 6.45) is 0.844. The minimum absolute atomic E-state index is 0.126. The standard InChI is InChI=1S/C22H27BrN2O3/c1-4-12-24-22(27)17(3)25(14-18-8-6-5-7-9-18)21(26)15-28-19-10-11-20(23)16(2)13-19/h5-11,13,17H,4,12,14-15H2,1-3H3,(H,24,27). The van der Waals surface area contributed by atoms with E-state index >= 15 is 0 Å². The van der Waals surface area contributed by atoms with Gasteiger partial charge in [-0.1, -0.05) is 53.2 Å². The number of ether oxygens (including phenoxy) is 1. The first-order valence-electron chi connectivity index (χ1n) is 9.42. The molecule has 1 atom stereocenters. The van der Waals surface area contributed by atoms with Crippen molar-refractivity contribution in [2.45, 2.75) is 39.8 Å². The van der Waals surface area contributed by atoms with E-state index in [0.717, 1.165) is 22.0 Å². The maximum absolute atomic E-state index is 12.9. The molecule has 0 heterocycles. The van der Waals surface area contributed by atoms with Crippen molar-refractivity contribution in [2.24, 2.45) is 0 Å². The lowest BCUT2D eigenvalue weighted by Gasteiger charge is -2.28. The van der Waals surface area contributed by atoms with Crippen molar-refractivity contribution >= 4 is 27.7 Å². The summed E-state index contributed by atoms with van der Waals surface area (Å²) in [6, 6.07) is 14.6. The lowest BCUT2D eigenvalue weighted by molar-refractivity contribution is -0.142. The van der Waals surface area contributed by atoms with E-state index in [1.54, 1.807) is 11.8 Å². The van der Waals surface area contributed by atoms with E-state index in [9.17, 15) is 9.59 Å². The second-order valence-electron chi connectivity index (χ2n) is 6.67. The molecule has 0 spiro atoms. The zero-order valence-corrected chi connectivity index (χ0v) is 18.2. The highest BCUT2D eigenvalue weighted by Gasteiger charge is 2.26. The van der Waals surface area contributed by atoms with Crippen LogP contribution in [0.4, 0.5) is 0 Å². The number of nitrogens with one attached hydrogen (secondary N) is 1. The maximum Gasteiger partial charge on any atom is 0.261 e. The van der Waals surface area contributed by atoms with Gasteiger partial charge in [-0.15, -0.1) is 0 Å². The molecule has 0 fully saturated rings. The van der Waals surface area contributed by atoms with Gasteiger partial charge in [0.2, 0.25) is 5.91 Å². The highest BCUT2D eigenvalue weighted by atomic mass is 79.9. The van der Waals surface area contributed by atoms with Gasteiger partial charge in [0.25, 0.3) is 5.91 Å². The van der Waals surface area contributed by atoms with Crippen LogP contribution in [0.2, 0.25) is 0 Å². The van der Waals surface area contributed by atoms with Crippen LogP contribution in [0.15, 0.2) is 53.0 Å². The van der Waals surface area contributed by atoms with E-state index in [-0.39, 0.29) is 18.4 Å². The van der Waals surface area contributed by atoms with Gasteiger partial charge in [-0.3, -0.25) is 9.59 Å². The Morgan fingerprint density at radius 1 is 1.18 bits per heavy atom. The molecule has 2 rings (SSSR count). The van der Waals surface area contributed by atoms with Gasteiger partial charge in [-0.25, -0.2) is 0 Å². The largest absolute Gasteiger partial charge is 0.484 e. The minimum atomic E-state index is -0.588. The Balaban J connectivity index is 2.10. The number of aryl methyl sites for hydroxylation is 1. The van der Waals surface area contributed by atoms with Gasteiger partial charge in [0.15, 0.2) is 6.61 Å². The number of rotatable bonds is 9. The van der Waals surface area contributed by atoms with Crippen LogP contribution in [-0.4, -0.2) is 35.9 Å². The first-order valence-corrected chi connectivity index (χ1v) is 10.2. The molecule has 2 amide bonds. The summed E-state index contributed by atoms with van der Waals surface area (Å²) in [6.45, 7) is 6.51. The van der Waals surface area contributed by atoms with Crippen LogP contribution in [-0.2, 0) is 16.1 Å². The Morgan fingerprint density at radius 2 is 1.89 bits per heavy atom. The lowest BCUT2D eigenvalue weighted by atomic mass is 10.1. The Labute approximate surface area is 175 Å². The molecule has 1 N–H and O–H groups in total.